The number of aromatic nitrogens is 1. The summed E-state index contributed by atoms with van der Waals surface area (Å²) in [4.78, 5) is 4.25. The number of rotatable bonds is 5. The summed E-state index contributed by atoms with van der Waals surface area (Å²) < 4.78 is 5.34. The van der Waals surface area contributed by atoms with E-state index in [0.717, 1.165) is 12.2 Å². The summed E-state index contributed by atoms with van der Waals surface area (Å²) in [7, 11) is 0. The zero-order chi connectivity index (χ0) is 13.8. The number of nitrogens with zero attached hydrogens (tertiary/aromatic N) is 1. The molecule has 1 heterocycles. The highest BCUT2D eigenvalue weighted by Gasteiger charge is 2.10. The minimum absolute atomic E-state index is 0.648. The fourth-order valence-corrected chi connectivity index (χ4v) is 2.66. The van der Waals surface area contributed by atoms with Gasteiger partial charge < -0.3 is 10.1 Å². The first-order chi connectivity index (χ1) is 9.85. The third-order valence-corrected chi connectivity index (χ3v) is 3.69. The Bertz CT molecular complexity index is 578. The molecular weight excluding hydrogens is 248 g/mol. The molecule has 1 aliphatic carbocycles. The maximum absolute atomic E-state index is 5.34. The predicted octanol–water partition coefficient (Wildman–Crippen LogP) is 3.58. The summed E-state index contributed by atoms with van der Waals surface area (Å²) in [5.74, 6) is 0.676. The standard InChI is InChI=1S/C17H20N2O/c1-2-20-17-9-8-16(12-19-17)18-11-13-6-7-14-4-3-5-15(14)10-13/h6-10,12,18H,2-5,11H2,1H3. The molecule has 0 amide bonds. The number of pyridine rings is 1. The molecule has 3 rings (SSSR count). The van der Waals surface area contributed by atoms with E-state index < -0.39 is 0 Å². The van der Waals surface area contributed by atoms with E-state index >= 15 is 0 Å². The molecule has 104 valence electrons. The normalized spacial score (nSPS) is 13.1. The van der Waals surface area contributed by atoms with Crippen molar-refractivity contribution in [1.29, 1.82) is 0 Å². The van der Waals surface area contributed by atoms with Crippen LogP contribution in [0.4, 0.5) is 5.69 Å². The Kier molecular flexibility index (Phi) is 3.86. The van der Waals surface area contributed by atoms with Crippen LogP contribution in [0.3, 0.4) is 0 Å². The van der Waals surface area contributed by atoms with E-state index in [4.69, 9.17) is 4.74 Å². The van der Waals surface area contributed by atoms with E-state index in [1.54, 1.807) is 0 Å². The van der Waals surface area contributed by atoms with Crippen LogP contribution in [0.5, 0.6) is 5.88 Å². The highest BCUT2D eigenvalue weighted by atomic mass is 16.5. The van der Waals surface area contributed by atoms with Gasteiger partial charge in [-0.05, 0) is 48.9 Å². The van der Waals surface area contributed by atoms with Gasteiger partial charge in [0.25, 0.3) is 0 Å². The van der Waals surface area contributed by atoms with Crippen LogP contribution in [0.1, 0.15) is 30.0 Å². The molecule has 2 aromatic rings. The number of hydrogen-bond donors (Lipinski definition) is 1. The van der Waals surface area contributed by atoms with Crippen molar-refractivity contribution in [3.8, 4) is 5.88 Å². The average molecular weight is 268 g/mol. The molecule has 0 fully saturated rings. The van der Waals surface area contributed by atoms with Crippen molar-refractivity contribution in [2.45, 2.75) is 32.7 Å². The summed E-state index contributed by atoms with van der Waals surface area (Å²) in [6.07, 6.45) is 5.59. The van der Waals surface area contributed by atoms with Crippen LogP contribution in [0, 0.1) is 0 Å². The molecule has 1 N–H and O–H groups in total. The second-order valence-corrected chi connectivity index (χ2v) is 5.13. The zero-order valence-corrected chi connectivity index (χ0v) is 11.9. The lowest BCUT2D eigenvalue weighted by Crippen LogP contribution is -2.01. The van der Waals surface area contributed by atoms with E-state index in [0.29, 0.717) is 12.5 Å². The van der Waals surface area contributed by atoms with Crippen LogP contribution in [0.15, 0.2) is 36.5 Å². The number of aryl methyl sites for hydroxylation is 2. The van der Waals surface area contributed by atoms with Gasteiger partial charge >= 0.3 is 0 Å². The number of nitrogens with one attached hydrogen (secondary N) is 1. The van der Waals surface area contributed by atoms with Gasteiger partial charge in [-0.1, -0.05) is 18.2 Å². The molecule has 3 nitrogen and oxygen atoms in total. The Morgan fingerprint density at radius 1 is 1.15 bits per heavy atom. The van der Waals surface area contributed by atoms with E-state index in [-0.39, 0.29) is 0 Å². The monoisotopic (exact) mass is 268 g/mol. The minimum Gasteiger partial charge on any atom is -0.478 e. The van der Waals surface area contributed by atoms with E-state index in [1.807, 2.05) is 25.3 Å². The Labute approximate surface area is 120 Å². The third-order valence-electron chi connectivity index (χ3n) is 3.69. The van der Waals surface area contributed by atoms with Gasteiger partial charge in [0.2, 0.25) is 5.88 Å². The van der Waals surface area contributed by atoms with Crippen molar-refractivity contribution in [3.63, 3.8) is 0 Å². The Balaban J connectivity index is 1.61. The van der Waals surface area contributed by atoms with E-state index in [1.165, 1.54) is 36.0 Å². The summed E-state index contributed by atoms with van der Waals surface area (Å²) in [5, 5.41) is 3.40. The van der Waals surface area contributed by atoms with Gasteiger partial charge in [0.1, 0.15) is 0 Å². The fraction of sp³-hybridized carbons (Fsp3) is 0.353. The Hall–Kier alpha value is -2.03. The van der Waals surface area contributed by atoms with Crippen molar-refractivity contribution in [3.05, 3.63) is 53.2 Å². The molecule has 0 unspecified atom stereocenters. The highest BCUT2D eigenvalue weighted by molar-refractivity contribution is 5.43. The van der Waals surface area contributed by atoms with Crippen LogP contribution in [-0.4, -0.2) is 11.6 Å². The van der Waals surface area contributed by atoms with Crippen LogP contribution in [-0.2, 0) is 19.4 Å². The van der Waals surface area contributed by atoms with Crippen LogP contribution in [0.2, 0.25) is 0 Å². The van der Waals surface area contributed by atoms with Crippen molar-refractivity contribution in [2.75, 3.05) is 11.9 Å². The smallest absolute Gasteiger partial charge is 0.213 e. The molecule has 0 radical (unpaired) electrons. The lowest BCUT2D eigenvalue weighted by molar-refractivity contribution is 0.327. The molecule has 1 aromatic carbocycles. The number of benzene rings is 1. The SMILES string of the molecule is CCOc1ccc(NCc2ccc3c(c2)CCC3)cn1. The molecule has 0 saturated heterocycles. The molecule has 1 aliphatic rings. The number of anilines is 1. The van der Waals surface area contributed by atoms with E-state index in [9.17, 15) is 0 Å². The van der Waals surface area contributed by atoms with Gasteiger partial charge in [-0.2, -0.15) is 0 Å². The largest absolute Gasteiger partial charge is 0.478 e. The number of ether oxygens (including phenoxy) is 1. The topological polar surface area (TPSA) is 34.1 Å². The van der Waals surface area contributed by atoms with Gasteiger partial charge in [-0.3, -0.25) is 0 Å². The summed E-state index contributed by atoms with van der Waals surface area (Å²) in [6.45, 7) is 3.44. The molecular formula is C17H20N2O. The van der Waals surface area contributed by atoms with E-state index in [2.05, 4.69) is 28.5 Å². The van der Waals surface area contributed by atoms with Crippen LogP contribution in [0.25, 0.3) is 0 Å². The minimum atomic E-state index is 0.648. The van der Waals surface area contributed by atoms with Crippen molar-refractivity contribution in [1.82, 2.24) is 4.98 Å². The number of hydrogen-bond acceptors (Lipinski definition) is 3. The van der Waals surface area contributed by atoms with Gasteiger partial charge in [0.15, 0.2) is 0 Å². The second-order valence-electron chi connectivity index (χ2n) is 5.13. The Morgan fingerprint density at radius 3 is 2.85 bits per heavy atom. The van der Waals surface area contributed by atoms with Gasteiger partial charge in [-0.25, -0.2) is 4.98 Å². The number of fused-ring (bicyclic) bond motifs is 1. The molecule has 0 bridgehead atoms. The van der Waals surface area contributed by atoms with Gasteiger partial charge in [-0.15, -0.1) is 0 Å². The highest BCUT2D eigenvalue weighted by Crippen LogP contribution is 2.23. The quantitative estimate of drug-likeness (QED) is 0.900. The van der Waals surface area contributed by atoms with Gasteiger partial charge in [0.05, 0.1) is 18.5 Å². The molecule has 0 aliphatic heterocycles. The Morgan fingerprint density at radius 2 is 2.05 bits per heavy atom. The van der Waals surface area contributed by atoms with Crippen molar-refractivity contribution in [2.24, 2.45) is 0 Å². The summed E-state index contributed by atoms with van der Waals surface area (Å²) >= 11 is 0. The van der Waals surface area contributed by atoms with Crippen molar-refractivity contribution < 1.29 is 4.74 Å². The first-order valence-electron chi connectivity index (χ1n) is 7.28. The van der Waals surface area contributed by atoms with Gasteiger partial charge in [0, 0.05) is 12.6 Å². The molecule has 0 spiro atoms. The zero-order valence-electron chi connectivity index (χ0n) is 11.9. The van der Waals surface area contributed by atoms with Crippen molar-refractivity contribution >= 4 is 5.69 Å². The summed E-state index contributed by atoms with van der Waals surface area (Å²) in [6, 6.07) is 10.7. The maximum Gasteiger partial charge on any atom is 0.213 e. The molecule has 3 heteroatoms. The molecule has 0 atom stereocenters. The fourth-order valence-electron chi connectivity index (χ4n) is 2.66. The third kappa shape index (κ3) is 2.93. The summed E-state index contributed by atoms with van der Waals surface area (Å²) in [5.41, 5.74) is 5.40. The molecule has 20 heavy (non-hydrogen) atoms. The lowest BCUT2D eigenvalue weighted by atomic mass is 10.1. The average Bonchev–Trinajstić information content (AvgIpc) is 2.94. The second kappa shape index (κ2) is 5.95. The van der Waals surface area contributed by atoms with Crippen LogP contribution < -0.4 is 10.1 Å². The molecule has 1 aromatic heterocycles. The maximum atomic E-state index is 5.34. The first-order valence-corrected chi connectivity index (χ1v) is 7.28. The first kappa shape index (κ1) is 13.0. The predicted molar refractivity (Wildman–Crippen MR) is 81.2 cm³/mol. The molecule has 0 saturated carbocycles. The van der Waals surface area contributed by atoms with Crippen LogP contribution >= 0.6 is 0 Å². The lowest BCUT2D eigenvalue weighted by Gasteiger charge is -2.09.